The van der Waals surface area contributed by atoms with Gasteiger partial charge in [-0.25, -0.2) is 5.01 Å². The Kier molecular flexibility index (Phi) is 6.88. The van der Waals surface area contributed by atoms with Crippen molar-refractivity contribution in [3.8, 4) is 0 Å². The lowest BCUT2D eigenvalue weighted by molar-refractivity contribution is -0.384. The van der Waals surface area contributed by atoms with Crippen molar-refractivity contribution in [2.75, 3.05) is 30.3 Å². The Morgan fingerprint density at radius 2 is 2.00 bits per heavy atom. The molecule has 176 valence electrons. The minimum atomic E-state index is -0.506. The first-order valence-corrected chi connectivity index (χ1v) is 10.8. The molecule has 1 aromatic heterocycles. The van der Waals surface area contributed by atoms with E-state index >= 15 is 0 Å². The maximum atomic E-state index is 13.2. The Hall–Kier alpha value is -4.18. The molecule has 1 aliphatic heterocycles. The number of nitrogens with zero attached hydrogens (tertiary/aromatic N) is 3. The summed E-state index contributed by atoms with van der Waals surface area (Å²) in [6, 6.07) is 15.4. The molecular weight excluding hydrogens is 438 g/mol. The van der Waals surface area contributed by atoms with E-state index in [1.165, 1.54) is 23.2 Å². The molecule has 0 unspecified atom stereocenters. The number of hydrogen-bond acceptors (Lipinski definition) is 8. The molecule has 0 spiro atoms. The maximum Gasteiger partial charge on any atom is 0.271 e. The molecule has 1 atom stereocenters. The van der Waals surface area contributed by atoms with Gasteiger partial charge in [0, 0.05) is 25.1 Å². The van der Waals surface area contributed by atoms with Gasteiger partial charge in [-0.2, -0.15) is 5.10 Å². The Labute approximate surface area is 196 Å². The number of furan rings is 1. The fourth-order valence-corrected chi connectivity index (χ4v) is 3.75. The molecule has 3 aromatic rings. The lowest BCUT2D eigenvalue weighted by atomic mass is 10.0. The standard InChI is InChI=1S/C24H25N5O5/c1-16-4-6-17(7-5-16)20-14-22(23-3-2-12-34-23)28(27-20)24(31)15-26-21-13-18(29(32)33)8-9-19(21)25-10-11-30/h2-9,12-13,22,25-26,30H,10-11,14-15H2,1H3/t22-/m0/s1. The number of nitro benzene ring substituents is 1. The molecular formula is C24H25N5O5. The van der Waals surface area contributed by atoms with E-state index in [1.807, 2.05) is 37.3 Å². The molecule has 34 heavy (non-hydrogen) atoms. The molecule has 0 radical (unpaired) electrons. The molecule has 1 amide bonds. The highest BCUT2D eigenvalue weighted by Gasteiger charge is 2.34. The van der Waals surface area contributed by atoms with Crippen LogP contribution in [-0.2, 0) is 4.79 Å². The van der Waals surface area contributed by atoms with E-state index < -0.39 is 11.0 Å². The van der Waals surface area contributed by atoms with Crippen LogP contribution in [0.4, 0.5) is 17.1 Å². The Morgan fingerprint density at radius 1 is 1.21 bits per heavy atom. The van der Waals surface area contributed by atoms with E-state index in [-0.39, 0.29) is 31.3 Å². The monoisotopic (exact) mass is 463 g/mol. The molecule has 0 fully saturated rings. The number of hydrazone groups is 1. The van der Waals surface area contributed by atoms with Gasteiger partial charge < -0.3 is 20.2 Å². The molecule has 10 nitrogen and oxygen atoms in total. The third-order valence-electron chi connectivity index (χ3n) is 5.49. The van der Waals surface area contributed by atoms with Crippen LogP contribution in [0.2, 0.25) is 0 Å². The quantitative estimate of drug-likeness (QED) is 0.325. The van der Waals surface area contributed by atoms with Crippen molar-refractivity contribution >= 4 is 28.7 Å². The van der Waals surface area contributed by atoms with Gasteiger partial charge in [0.25, 0.3) is 11.6 Å². The highest BCUT2D eigenvalue weighted by molar-refractivity contribution is 6.03. The third kappa shape index (κ3) is 5.07. The van der Waals surface area contributed by atoms with Gasteiger partial charge in [0.15, 0.2) is 0 Å². The predicted octanol–water partition coefficient (Wildman–Crippen LogP) is 3.69. The number of aliphatic hydroxyl groups is 1. The number of nitro groups is 1. The summed E-state index contributed by atoms with van der Waals surface area (Å²) < 4.78 is 5.57. The Bertz CT molecular complexity index is 1190. The van der Waals surface area contributed by atoms with E-state index in [2.05, 4.69) is 15.7 Å². The normalized spacial score (nSPS) is 15.2. The first-order chi connectivity index (χ1) is 16.5. The lowest BCUT2D eigenvalue weighted by Gasteiger charge is -2.21. The summed E-state index contributed by atoms with van der Waals surface area (Å²) in [4.78, 5) is 23.9. The number of carbonyl (C=O) groups is 1. The summed E-state index contributed by atoms with van der Waals surface area (Å²) in [5.41, 5.74) is 3.64. The van der Waals surface area contributed by atoms with Crippen molar-refractivity contribution in [3.63, 3.8) is 0 Å². The first-order valence-electron chi connectivity index (χ1n) is 10.8. The first kappa shape index (κ1) is 23.0. The zero-order valence-electron chi connectivity index (χ0n) is 18.6. The van der Waals surface area contributed by atoms with Gasteiger partial charge >= 0.3 is 0 Å². The van der Waals surface area contributed by atoms with E-state index in [0.717, 1.165) is 16.8 Å². The number of nitrogens with one attached hydrogen (secondary N) is 2. The molecule has 3 N–H and O–H groups in total. The molecule has 4 rings (SSSR count). The second-order valence-electron chi connectivity index (χ2n) is 7.88. The fraction of sp³-hybridized carbons (Fsp3) is 0.250. The van der Waals surface area contributed by atoms with Crippen molar-refractivity contribution in [3.05, 3.63) is 87.9 Å². The SMILES string of the molecule is Cc1ccc(C2=NN(C(=O)CNc3cc([N+](=O)[O-])ccc3NCCO)[C@H](c3ccco3)C2)cc1. The largest absolute Gasteiger partial charge is 0.467 e. The van der Waals surface area contributed by atoms with Crippen LogP contribution >= 0.6 is 0 Å². The summed E-state index contributed by atoms with van der Waals surface area (Å²) in [6.07, 6.45) is 2.06. The number of benzene rings is 2. The van der Waals surface area contributed by atoms with Gasteiger partial charge in [0.1, 0.15) is 11.8 Å². The van der Waals surface area contributed by atoms with Gasteiger partial charge in [-0.05, 0) is 30.7 Å². The maximum absolute atomic E-state index is 13.2. The average molecular weight is 463 g/mol. The van der Waals surface area contributed by atoms with Crippen LogP contribution in [0.5, 0.6) is 0 Å². The molecule has 10 heteroatoms. The number of hydrogen-bond donors (Lipinski definition) is 3. The van der Waals surface area contributed by atoms with Crippen LogP contribution in [-0.4, -0.2) is 46.4 Å². The molecule has 0 saturated carbocycles. The number of carbonyl (C=O) groups excluding carboxylic acids is 1. The summed E-state index contributed by atoms with van der Waals surface area (Å²) in [5, 5.41) is 32.3. The van der Waals surface area contributed by atoms with Crippen molar-refractivity contribution in [2.24, 2.45) is 5.10 Å². The highest BCUT2D eigenvalue weighted by atomic mass is 16.6. The van der Waals surface area contributed by atoms with Gasteiger partial charge in [-0.3, -0.25) is 14.9 Å². The van der Waals surface area contributed by atoms with Crippen molar-refractivity contribution in [2.45, 2.75) is 19.4 Å². The van der Waals surface area contributed by atoms with Crippen LogP contribution in [0.25, 0.3) is 0 Å². The summed E-state index contributed by atoms with van der Waals surface area (Å²) in [5.74, 6) is 0.308. The van der Waals surface area contributed by atoms with Crippen LogP contribution in [0, 0.1) is 17.0 Å². The molecule has 0 saturated heterocycles. The molecule has 0 bridgehead atoms. The smallest absolute Gasteiger partial charge is 0.271 e. The Balaban J connectivity index is 1.56. The second-order valence-corrected chi connectivity index (χ2v) is 7.88. The summed E-state index contributed by atoms with van der Waals surface area (Å²) in [6.45, 7) is 2.02. The lowest BCUT2D eigenvalue weighted by Crippen LogP contribution is -2.32. The summed E-state index contributed by atoms with van der Waals surface area (Å²) >= 11 is 0. The molecule has 2 heterocycles. The van der Waals surface area contributed by atoms with Crippen molar-refractivity contribution in [1.29, 1.82) is 0 Å². The van der Waals surface area contributed by atoms with Crippen LogP contribution in [0.15, 0.2) is 70.4 Å². The average Bonchev–Trinajstić information content (AvgIpc) is 3.52. The molecule has 1 aliphatic rings. The van der Waals surface area contributed by atoms with Gasteiger partial charge in [-0.15, -0.1) is 0 Å². The van der Waals surface area contributed by atoms with Crippen molar-refractivity contribution in [1.82, 2.24) is 5.01 Å². The highest BCUT2D eigenvalue weighted by Crippen LogP contribution is 2.33. The summed E-state index contributed by atoms with van der Waals surface area (Å²) in [7, 11) is 0. The minimum Gasteiger partial charge on any atom is -0.467 e. The fourth-order valence-electron chi connectivity index (χ4n) is 3.75. The number of non-ortho nitro benzene ring substituents is 1. The number of aryl methyl sites for hydroxylation is 1. The third-order valence-corrected chi connectivity index (χ3v) is 5.49. The van der Waals surface area contributed by atoms with E-state index in [1.54, 1.807) is 12.3 Å². The van der Waals surface area contributed by atoms with Crippen LogP contribution in [0.3, 0.4) is 0 Å². The molecule has 2 aromatic carbocycles. The van der Waals surface area contributed by atoms with Crippen molar-refractivity contribution < 1.29 is 19.2 Å². The van der Waals surface area contributed by atoms with E-state index in [9.17, 15) is 14.9 Å². The predicted molar refractivity (Wildman–Crippen MR) is 128 cm³/mol. The zero-order valence-corrected chi connectivity index (χ0v) is 18.6. The number of aliphatic hydroxyl groups excluding tert-OH is 1. The number of anilines is 2. The minimum absolute atomic E-state index is 0.107. The zero-order chi connectivity index (χ0) is 24.1. The van der Waals surface area contributed by atoms with Gasteiger partial charge in [0.2, 0.25) is 0 Å². The van der Waals surface area contributed by atoms with Gasteiger partial charge in [-0.1, -0.05) is 29.8 Å². The number of rotatable bonds is 9. The second kappa shape index (κ2) is 10.2. The van der Waals surface area contributed by atoms with Crippen LogP contribution < -0.4 is 10.6 Å². The van der Waals surface area contributed by atoms with Gasteiger partial charge in [0.05, 0.1) is 41.4 Å². The number of amides is 1. The molecule has 0 aliphatic carbocycles. The van der Waals surface area contributed by atoms with E-state index in [4.69, 9.17) is 9.52 Å². The topological polar surface area (TPSA) is 133 Å². The van der Waals surface area contributed by atoms with E-state index in [0.29, 0.717) is 23.6 Å². The van der Waals surface area contributed by atoms with Crippen LogP contribution in [0.1, 0.15) is 29.3 Å². The Morgan fingerprint density at radius 3 is 2.68 bits per heavy atom.